The second-order valence-corrected chi connectivity index (χ2v) is 15.2. The highest BCUT2D eigenvalue weighted by Crippen LogP contribution is 2.27. The van der Waals surface area contributed by atoms with Gasteiger partial charge in [0.05, 0.1) is 6.54 Å². The summed E-state index contributed by atoms with van der Waals surface area (Å²) in [7, 11) is 1.96. The van der Waals surface area contributed by atoms with Crippen LogP contribution in [0.1, 0.15) is 126 Å². The van der Waals surface area contributed by atoms with E-state index in [2.05, 4.69) is 99.5 Å². The highest BCUT2D eigenvalue weighted by Gasteiger charge is 2.22. The number of hydrogen-bond acceptors (Lipinski definition) is 5. The van der Waals surface area contributed by atoms with Crippen LogP contribution in [0, 0.1) is 16.2 Å². The fraction of sp³-hybridized carbons (Fsp3) is 0.758. The van der Waals surface area contributed by atoms with Crippen LogP contribution in [0.3, 0.4) is 0 Å². The molecule has 2 aliphatic rings. The Labute approximate surface area is 246 Å². The summed E-state index contributed by atoms with van der Waals surface area (Å²) in [6.07, 6.45) is 7.11. The van der Waals surface area contributed by atoms with Crippen LogP contribution in [0.4, 0.5) is 0 Å². The van der Waals surface area contributed by atoms with Gasteiger partial charge in [0, 0.05) is 53.5 Å². The van der Waals surface area contributed by atoms with Gasteiger partial charge in [-0.15, -0.1) is 10.2 Å². The summed E-state index contributed by atoms with van der Waals surface area (Å²) in [5.74, 6) is 2.18. The van der Waals surface area contributed by atoms with Crippen molar-refractivity contribution in [1.82, 2.24) is 24.6 Å². The minimum absolute atomic E-state index is 0.0833. The molecular formula is C33H61N7. The highest BCUT2D eigenvalue weighted by molar-refractivity contribution is 5.88. The molecule has 2 N–H and O–H groups in total. The fourth-order valence-corrected chi connectivity index (χ4v) is 4.26. The largest absolute Gasteiger partial charge is 0.372 e. The van der Waals surface area contributed by atoms with Gasteiger partial charge < -0.3 is 19.9 Å². The van der Waals surface area contributed by atoms with Gasteiger partial charge in [0.2, 0.25) is 0 Å². The molecular weight excluding hydrogens is 494 g/mol. The van der Waals surface area contributed by atoms with Crippen molar-refractivity contribution in [2.45, 2.75) is 133 Å². The normalized spacial score (nSPS) is 15.5. The molecule has 4 heterocycles. The summed E-state index contributed by atoms with van der Waals surface area (Å²) in [6, 6.07) is 4.65. The number of nitrogens with one attached hydrogen (secondary N) is 2. The predicted octanol–water partition coefficient (Wildman–Crippen LogP) is 7.73. The first-order chi connectivity index (χ1) is 18.2. The van der Waals surface area contributed by atoms with E-state index in [1.54, 1.807) is 12.0 Å². The summed E-state index contributed by atoms with van der Waals surface area (Å²) >= 11 is 0. The van der Waals surface area contributed by atoms with E-state index in [0.717, 1.165) is 30.5 Å². The van der Waals surface area contributed by atoms with Crippen LogP contribution < -0.4 is 5.32 Å². The van der Waals surface area contributed by atoms with E-state index in [1.165, 1.54) is 37.9 Å². The zero-order valence-electron chi connectivity index (χ0n) is 28.4. The average molecular weight is 556 g/mol. The second kappa shape index (κ2) is 14.5. The topological polar surface area (TPSA) is 83.9 Å². The van der Waals surface area contributed by atoms with Crippen molar-refractivity contribution in [3.63, 3.8) is 0 Å². The number of aromatic nitrogens is 4. The molecule has 0 fully saturated rings. The first kappa shape index (κ1) is 35.6. The summed E-state index contributed by atoms with van der Waals surface area (Å²) in [5, 5.41) is 18.2. The molecule has 0 radical (unpaired) electrons. The van der Waals surface area contributed by atoms with Crippen LogP contribution in [0.2, 0.25) is 0 Å². The first-order valence-electron chi connectivity index (χ1n) is 15.0. The molecule has 0 unspecified atom stereocenters. The number of fused-ring (bicyclic) bond motifs is 1. The molecule has 0 amide bonds. The third kappa shape index (κ3) is 12.0. The lowest BCUT2D eigenvalue weighted by molar-refractivity contribution is 0.506. The van der Waals surface area contributed by atoms with Crippen molar-refractivity contribution in [2.24, 2.45) is 22.9 Å². The molecule has 4 rings (SSSR count). The Kier molecular flexibility index (Phi) is 12.9. The molecule has 0 aromatic carbocycles. The minimum Gasteiger partial charge on any atom is -0.372 e. The van der Waals surface area contributed by atoms with E-state index in [4.69, 9.17) is 5.41 Å². The standard InChI is InChI=1S/C13H21N.C7H13N3.C7H14N2.C6H13N/c1-13(2,3)12-9-8-11-7-5-4-6-10-14(11)12;1-7(2,3)6-9-8-5-10(6)4;1-7(2,3)6-8-4-5-9-6;1-5(7)6(2,3)4/h8-9H,4-7,10H2,1-3H3;5H,1-4H3;4-5H2,1-3H3,(H,8,9);7H,1-4H3. The van der Waals surface area contributed by atoms with E-state index in [1.807, 2.05) is 39.3 Å². The van der Waals surface area contributed by atoms with Gasteiger partial charge in [-0.2, -0.15) is 0 Å². The number of rotatable bonds is 0. The number of aliphatic imine (C=N–C) groups is 1. The van der Waals surface area contributed by atoms with Crippen LogP contribution in [0.5, 0.6) is 0 Å². The van der Waals surface area contributed by atoms with Gasteiger partial charge in [0.1, 0.15) is 18.0 Å². The van der Waals surface area contributed by atoms with E-state index in [9.17, 15) is 0 Å². The van der Waals surface area contributed by atoms with E-state index >= 15 is 0 Å². The number of hydrogen-bond donors (Lipinski definition) is 2. The Morgan fingerprint density at radius 3 is 1.80 bits per heavy atom. The van der Waals surface area contributed by atoms with Gasteiger partial charge in [0.15, 0.2) is 0 Å². The zero-order valence-corrected chi connectivity index (χ0v) is 28.4. The van der Waals surface area contributed by atoms with Gasteiger partial charge in [0.25, 0.3) is 0 Å². The maximum atomic E-state index is 7.15. The van der Waals surface area contributed by atoms with Crippen molar-refractivity contribution in [1.29, 1.82) is 5.41 Å². The van der Waals surface area contributed by atoms with Crippen molar-refractivity contribution in [3.8, 4) is 0 Å². The lowest BCUT2D eigenvalue weighted by atomic mass is 9.91. The van der Waals surface area contributed by atoms with Gasteiger partial charge in [-0.05, 0) is 43.7 Å². The second-order valence-electron chi connectivity index (χ2n) is 15.2. The summed E-state index contributed by atoms with van der Waals surface area (Å²) in [6.45, 7) is 30.9. The average Bonchev–Trinajstić information content (AvgIpc) is 3.52. The smallest absolute Gasteiger partial charge is 0.137 e. The number of amidine groups is 1. The van der Waals surface area contributed by atoms with Gasteiger partial charge in [-0.25, -0.2) is 0 Å². The molecule has 2 aromatic heterocycles. The summed E-state index contributed by atoms with van der Waals surface area (Å²) in [5.41, 5.74) is 4.50. The van der Waals surface area contributed by atoms with Crippen molar-refractivity contribution < 1.29 is 0 Å². The third-order valence-corrected chi connectivity index (χ3v) is 7.05. The van der Waals surface area contributed by atoms with E-state index in [0.29, 0.717) is 5.41 Å². The Hall–Kier alpha value is -2.44. The number of nitrogens with zero attached hydrogens (tertiary/aromatic N) is 5. The lowest BCUT2D eigenvalue weighted by Gasteiger charge is -2.22. The maximum Gasteiger partial charge on any atom is 0.137 e. The predicted molar refractivity (Wildman–Crippen MR) is 173 cm³/mol. The summed E-state index contributed by atoms with van der Waals surface area (Å²) in [4.78, 5) is 4.31. The Morgan fingerprint density at radius 1 is 0.850 bits per heavy atom. The Bertz CT molecular complexity index is 1070. The molecule has 0 atom stereocenters. The third-order valence-electron chi connectivity index (χ3n) is 7.05. The SMILES string of the molecule is CC(=N)C(C)(C)C.CC(C)(C)C1=NCCN1.CC(C)(C)c1ccc2n1CCCCC2.Cn1cnnc1C(C)(C)C. The molecule has 0 spiro atoms. The van der Waals surface area contributed by atoms with Crippen LogP contribution in [0.15, 0.2) is 23.5 Å². The zero-order chi connectivity index (χ0) is 30.9. The molecule has 0 bridgehead atoms. The molecule has 0 aliphatic carbocycles. The molecule has 7 heteroatoms. The molecule has 40 heavy (non-hydrogen) atoms. The van der Waals surface area contributed by atoms with Crippen molar-refractivity contribution >= 4 is 11.5 Å². The Morgan fingerprint density at radius 2 is 1.45 bits per heavy atom. The van der Waals surface area contributed by atoms with E-state index in [-0.39, 0.29) is 16.2 Å². The first-order valence-corrected chi connectivity index (χ1v) is 15.0. The van der Waals surface area contributed by atoms with Crippen LogP contribution >= 0.6 is 0 Å². The molecule has 7 nitrogen and oxygen atoms in total. The molecule has 0 saturated carbocycles. The highest BCUT2D eigenvalue weighted by atomic mass is 15.3. The van der Waals surface area contributed by atoms with Crippen molar-refractivity contribution in [2.75, 3.05) is 13.1 Å². The van der Waals surface area contributed by atoms with Gasteiger partial charge >= 0.3 is 0 Å². The van der Waals surface area contributed by atoms with Gasteiger partial charge in [-0.3, -0.25) is 4.99 Å². The van der Waals surface area contributed by atoms with Crippen LogP contribution in [0.25, 0.3) is 0 Å². The van der Waals surface area contributed by atoms with Crippen LogP contribution in [-0.2, 0) is 30.8 Å². The fourth-order valence-electron chi connectivity index (χ4n) is 4.26. The molecule has 0 saturated heterocycles. The summed E-state index contributed by atoms with van der Waals surface area (Å²) < 4.78 is 4.49. The van der Waals surface area contributed by atoms with Crippen molar-refractivity contribution in [3.05, 3.63) is 35.7 Å². The van der Waals surface area contributed by atoms with Gasteiger partial charge in [-0.1, -0.05) is 89.5 Å². The molecule has 228 valence electrons. The molecule has 2 aromatic rings. The van der Waals surface area contributed by atoms with Crippen LogP contribution in [-0.4, -0.2) is 44.0 Å². The molecule has 2 aliphatic heterocycles. The Balaban J connectivity index is 0.000000276. The monoisotopic (exact) mass is 555 g/mol. The number of aryl methyl sites for hydroxylation is 2. The maximum absolute atomic E-state index is 7.15. The quantitative estimate of drug-likeness (QED) is 0.326. The minimum atomic E-state index is 0.0833. The van der Waals surface area contributed by atoms with E-state index < -0.39 is 0 Å². The lowest BCUT2D eigenvalue weighted by Crippen LogP contribution is -2.31.